The lowest BCUT2D eigenvalue weighted by Crippen LogP contribution is -2.50. The molecule has 2 fully saturated rings. The second-order valence-electron chi connectivity index (χ2n) is 6.22. The van der Waals surface area contributed by atoms with Gasteiger partial charge in [0.05, 0.1) is 12.1 Å². The second kappa shape index (κ2) is 7.42. The topological polar surface area (TPSA) is 63.5 Å². The third-order valence-electron chi connectivity index (χ3n) is 4.64. The Morgan fingerprint density at radius 1 is 1.09 bits per heavy atom. The molecule has 122 valence electrons. The Kier molecular flexibility index (Phi) is 5.09. The molecule has 2 aliphatic heterocycles. The number of amides is 1. The Hall–Kier alpha value is -2.13. The summed E-state index contributed by atoms with van der Waals surface area (Å²) < 4.78 is 0. The number of likely N-dealkylation sites (tertiary alicyclic amines) is 1. The maximum atomic E-state index is 12.3. The number of hydrogen-bond acceptors (Lipinski definition) is 5. The number of nitriles is 1. The number of piperazine rings is 1. The fourth-order valence-corrected chi connectivity index (χ4v) is 3.21. The maximum absolute atomic E-state index is 12.3. The van der Waals surface area contributed by atoms with Crippen LogP contribution < -0.4 is 4.90 Å². The number of piperidine rings is 1. The predicted octanol–water partition coefficient (Wildman–Crippen LogP) is 1.09. The largest absolute Gasteiger partial charge is 0.354 e. The zero-order valence-corrected chi connectivity index (χ0v) is 13.4. The molecule has 0 spiro atoms. The minimum Gasteiger partial charge on any atom is -0.354 e. The first kappa shape index (κ1) is 15.8. The normalized spacial score (nSPS) is 19.4. The van der Waals surface area contributed by atoms with Crippen LogP contribution in [0.4, 0.5) is 5.82 Å². The third kappa shape index (κ3) is 3.99. The minimum atomic E-state index is 0.273. The lowest BCUT2D eigenvalue weighted by atomic mass is 10.1. The Bertz CT molecular complexity index is 566. The van der Waals surface area contributed by atoms with E-state index in [1.807, 2.05) is 11.0 Å². The smallest absolute Gasteiger partial charge is 0.236 e. The first-order valence-corrected chi connectivity index (χ1v) is 8.37. The van der Waals surface area contributed by atoms with E-state index >= 15 is 0 Å². The molecule has 0 aromatic carbocycles. The molecule has 1 amide bonds. The van der Waals surface area contributed by atoms with Crippen LogP contribution in [0, 0.1) is 11.3 Å². The number of rotatable bonds is 3. The summed E-state index contributed by atoms with van der Waals surface area (Å²) in [6.07, 6.45) is 5.15. The summed E-state index contributed by atoms with van der Waals surface area (Å²) >= 11 is 0. The molecule has 1 aromatic rings. The summed E-state index contributed by atoms with van der Waals surface area (Å²) in [6, 6.07) is 5.78. The molecule has 3 heterocycles. The summed E-state index contributed by atoms with van der Waals surface area (Å²) in [4.78, 5) is 23.1. The summed E-state index contributed by atoms with van der Waals surface area (Å²) in [5.74, 6) is 1.18. The second-order valence-corrected chi connectivity index (χ2v) is 6.22. The van der Waals surface area contributed by atoms with Crippen LogP contribution in [0.2, 0.25) is 0 Å². The van der Waals surface area contributed by atoms with Crippen LogP contribution in [-0.2, 0) is 4.79 Å². The van der Waals surface area contributed by atoms with Crippen molar-refractivity contribution >= 4 is 11.7 Å². The number of pyridine rings is 1. The van der Waals surface area contributed by atoms with E-state index in [4.69, 9.17) is 5.26 Å². The lowest BCUT2D eigenvalue weighted by Gasteiger charge is -2.36. The van der Waals surface area contributed by atoms with Crippen LogP contribution in [0.5, 0.6) is 0 Å². The molecule has 23 heavy (non-hydrogen) atoms. The van der Waals surface area contributed by atoms with Gasteiger partial charge >= 0.3 is 0 Å². The quantitative estimate of drug-likeness (QED) is 0.836. The van der Waals surface area contributed by atoms with Gasteiger partial charge < -0.3 is 9.80 Å². The summed E-state index contributed by atoms with van der Waals surface area (Å²) in [5.41, 5.74) is 0.583. The number of carbonyl (C=O) groups excluding carboxylic acids is 1. The Morgan fingerprint density at radius 2 is 1.83 bits per heavy atom. The van der Waals surface area contributed by atoms with Gasteiger partial charge in [0.1, 0.15) is 11.9 Å². The zero-order valence-electron chi connectivity index (χ0n) is 13.4. The number of aromatic nitrogens is 1. The van der Waals surface area contributed by atoms with Crippen molar-refractivity contribution < 1.29 is 4.79 Å². The Balaban J connectivity index is 1.48. The van der Waals surface area contributed by atoms with Gasteiger partial charge in [-0.25, -0.2) is 4.98 Å². The van der Waals surface area contributed by atoms with Crippen LogP contribution >= 0.6 is 0 Å². The third-order valence-corrected chi connectivity index (χ3v) is 4.64. The minimum absolute atomic E-state index is 0.273. The zero-order chi connectivity index (χ0) is 16.1. The van der Waals surface area contributed by atoms with Crippen LogP contribution in [0.1, 0.15) is 24.8 Å². The molecule has 0 bridgehead atoms. The highest BCUT2D eigenvalue weighted by Gasteiger charge is 2.23. The average Bonchev–Trinajstić information content (AvgIpc) is 2.63. The molecule has 1 aromatic heterocycles. The van der Waals surface area contributed by atoms with Crippen molar-refractivity contribution in [2.75, 3.05) is 50.7 Å². The number of carbonyl (C=O) groups is 1. The summed E-state index contributed by atoms with van der Waals surface area (Å²) in [7, 11) is 0. The maximum Gasteiger partial charge on any atom is 0.236 e. The number of anilines is 1. The van der Waals surface area contributed by atoms with Crippen molar-refractivity contribution in [1.82, 2.24) is 14.8 Å². The molecule has 6 nitrogen and oxygen atoms in total. The molecular formula is C17H23N5O. The van der Waals surface area contributed by atoms with Gasteiger partial charge in [-0.3, -0.25) is 9.69 Å². The highest BCUT2D eigenvalue weighted by molar-refractivity contribution is 5.78. The fraction of sp³-hybridized carbons (Fsp3) is 0.588. The van der Waals surface area contributed by atoms with Crippen LogP contribution in [-0.4, -0.2) is 66.5 Å². The van der Waals surface area contributed by atoms with Crippen molar-refractivity contribution in [3.63, 3.8) is 0 Å². The van der Waals surface area contributed by atoms with Crippen molar-refractivity contribution in [3.8, 4) is 6.07 Å². The monoisotopic (exact) mass is 313 g/mol. The van der Waals surface area contributed by atoms with E-state index in [1.165, 1.54) is 6.42 Å². The molecule has 0 saturated carbocycles. The van der Waals surface area contributed by atoms with E-state index in [0.717, 1.165) is 57.9 Å². The van der Waals surface area contributed by atoms with Crippen LogP contribution in [0.3, 0.4) is 0 Å². The molecule has 0 radical (unpaired) electrons. The number of nitrogens with zero attached hydrogens (tertiary/aromatic N) is 5. The molecule has 3 rings (SSSR count). The van der Waals surface area contributed by atoms with E-state index < -0.39 is 0 Å². The van der Waals surface area contributed by atoms with Crippen LogP contribution in [0.25, 0.3) is 0 Å². The SMILES string of the molecule is N#Cc1ccc(N2CCN(CC(=O)N3CCCCC3)CC2)nc1. The first-order valence-electron chi connectivity index (χ1n) is 8.37. The van der Waals surface area contributed by atoms with E-state index in [2.05, 4.69) is 20.9 Å². The van der Waals surface area contributed by atoms with Gasteiger partial charge in [-0.1, -0.05) is 0 Å². The standard InChI is InChI=1S/C17H23N5O/c18-12-15-4-5-16(19-13-15)21-10-8-20(9-11-21)14-17(23)22-6-2-1-3-7-22/h4-5,13H,1-3,6-11,14H2. The van der Waals surface area contributed by atoms with E-state index in [0.29, 0.717) is 12.1 Å². The molecule has 6 heteroatoms. The van der Waals surface area contributed by atoms with Gasteiger partial charge in [-0.15, -0.1) is 0 Å². The van der Waals surface area contributed by atoms with E-state index in [9.17, 15) is 4.79 Å². The molecule has 0 aliphatic carbocycles. The van der Waals surface area contributed by atoms with Crippen molar-refractivity contribution in [2.24, 2.45) is 0 Å². The summed E-state index contributed by atoms with van der Waals surface area (Å²) in [6.45, 7) is 5.87. The average molecular weight is 313 g/mol. The molecular weight excluding hydrogens is 290 g/mol. The highest BCUT2D eigenvalue weighted by Crippen LogP contribution is 2.14. The molecule has 2 aliphatic rings. The highest BCUT2D eigenvalue weighted by atomic mass is 16.2. The van der Waals surface area contributed by atoms with Crippen molar-refractivity contribution in [1.29, 1.82) is 5.26 Å². The molecule has 2 saturated heterocycles. The van der Waals surface area contributed by atoms with Gasteiger partial charge in [0.25, 0.3) is 0 Å². The Morgan fingerprint density at radius 3 is 2.43 bits per heavy atom. The van der Waals surface area contributed by atoms with Gasteiger partial charge in [0.15, 0.2) is 0 Å². The van der Waals surface area contributed by atoms with E-state index in [1.54, 1.807) is 12.3 Å². The number of hydrogen-bond donors (Lipinski definition) is 0. The van der Waals surface area contributed by atoms with Gasteiger partial charge in [-0.05, 0) is 31.4 Å². The van der Waals surface area contributed by atoms with E-state index in [-0.39, 0.29) is 5.91 Å². The fourth-order valence-electron chi connectivity index (χ4n) is 3.21. The molecule has 0 N–H and O–H groups in total. The predicted molar refractivity (Wildman–Crippen MR) is 88.0 cm³/mol. The van der Waals surface area contributed by atoms with Crippen molar-refractivity contribution in [2.45, 2.75) is 19.3 Å². The van der Waals surface area contributed by atoms with Gasteiger partial charge in [0, 0.05) is 45.5 Å². The Labute approximate surface area is 137 Å². The van der Waals surface area contributed by atoms with Gasteiger partial charge in [0.2, 0.25) is 5.91 Å². The van der Waals surface area contributed by atoms with Crippen molar-refractivity contribution in [3.05, 3.63) is 23.9 Å². The molecule has 0 unspecified atom stereocenters. The first-order chi connectivity index (χ1) is 11.3. The summed E-state index contributed by atoms with van der Waals surface area (Å²) in [5, 5.41) is 8.82. The van der Waals surface area contributed by atoms with Gasteiger partial charge in [-0.2, -0.15) is 5.26 Å². The molecule has 0 atom stereocenters. The lowest BCUT2D eigenvalue weighted by molar-refractivity contribution is -0.133. The van der Waals surface area contributed by atoms with Crippen LogP contribution in [0.15, 0.2) is 18.3 Å².